The molecule has 0 aromatic heterocycles. The second-order valence-corrected chi connectivity index (χ2v) is 6.62. The quantitative estimate of drug-likeness (QED) is 0.565. The first-order valence-corrected chi connectivity index (χ1v) is 8.79. The fourth-order valence-corrected chi connectivity index (χ4v) is 3.08. The lowest BCUT2D eigenvalue weighted by Gasteiger charge is -2.20. The first-order chi connectivity index (χ1) is 13.4. The third-order valence-electron chi connectivity index (χ3n) is 4.60. The minimum absolute atomic E-state index is 0.000663. The molecule has 2 aromatic carbocycles. The normalized spacial score (nSPS) is 16.2. The van der Waals surface area contributed by atoms with E-state index in [4.69, 9.17) is 9.47 Å². The van der Waals surface area contributed by atoms with E-state index in [0.717, 1.165) is 17.7 Å². The molecule has 146 valence electrons. The molecule has 0 aliphatic carbocycles. The van der Waals surface area contributed by atoms with E-state index in [2.05, 4.69) is 0 Å². The van der Waals surface area contributed by atoms with Gasteiger partial charge in [0.15, 0.2) is 12.4 Å². The Labute approximate surface area is 161 Å². The number of ether oxygens (including phenoxy) is 2. The molecule has 0 saturated carbocycles. The van der Waals surface area contributed by atoms with Crippen LogP contribution in [0.25, 0.3) is 0 Å². The van der Waals surface area contributed by atoms with Gasteiger partial charge in [-0.25, -0.2) is 4.39 Å². The van der Waals surface area contributed by atoms with E-state index in [-0.39, 0.29) is 24.4 Å². The zero-order chi connectivity index (χ0) is 20.3. The molecule has 1 aliphatic heterocycles. The molecule has 1 fully saturated rings. The van der Waals surface area contributed by atoms with Crippen molar-refractivity contribution in [3.63, 3.8) is 0 Å². The van der Waals surface area contributed by atoms with E-state index in [0.29, 0.717) is 11.4 Å². The summed E-state index contributed by atoms with van der Waals surface area (Å²) < 4.78 is 23.3. The molecular weight excluding hydrogens is 365 g/mol. The number of rotatable bonds is 6. The molecule has 0 radical (unpaired) electrons. The molecule has 0 N–H and O–H groups in total. The summed E-state index contributed by atoms with van der Waals surface area (Å²) in [4.78, 5) is 38.3. The Kier molecular flexibility index (Phi) is 5.73. The van der Waals surface area contributed by atoms with Crippen molar-refractivity contribution in [3.8, 4) is 5.75 Å². The van der Waals surface area contributed by atoms with E-state index in [9.17, 15) is 18.8 Å². The number of aryl methyl sites for hydroxylation is 1. The van der Waals surface area contributed by atoms with Gasteiger partial charge in [0.05, 0.1) is 18.7 Å². The minimum Gasteiger partial charge on any atom is -0.495 e. The molecule has 7 heteroatoms. The van der Waals surface area contributed by atoms with E-state index in [1.54, 1.807) is 6.07 Å². The molecule has 1 amide bonds. The zero-order valence-electron chi connectivity index (χ0n) is 15.6. The minimum atomic E-state index is -0.668. The van der Waals surface area contributed by atoms with E-state index < -0.39 is 30.1 Å². The van der Waals surface area contributed by atoms with Crippen molar-refractivity contribution in [1.29, 1.82) is 0 Å². The standard InChI is InChI=1S/C21H20FNO5/c1-13-3-8-19(27-2)17(9-13)23-11-15(10-20(23)25)21(26)28-12-18(24)14-4-6-16(22)7-5-14/h3-9,15H,10-12H2,1-2H3/t15-/m1/s1. The summed E-state index contributed by atoms with van der Waals surface area (Å²) in [5.74, 6) is -1.84. The van der Waals surface area contributed by atoms with Crippen LogP contribution in [-0.2, 0) is 14.3 Å². The molecule has 1 saturated heterocycles. The SMILES string of the molecule is COc1ccc(C)cc1N1C[C@H](C(=O)OCC(=O)c2ccc(F)cc2)CC1=O. The molecule has 1 heterocycles. The van der Waals surface area contributed by atoms with Crippen molar-refractivity contribution >= 4 is 23.3 Å². The van der Waals surface area contributed by atoms with Gasteiger partial charge in [-0.15, -0.1) is 0 Å². The predicted octanol–water partition coefficient (Wildman–Crippen LogP) is 2.92. The molecule has 1 atom stereocenters. The van der Waals surface area contributed by atoms with Gasteiger partial charge in [0.25, 0.3) is 0 Å². The molecule has 3 rings (SSSR count). The number of Topliss-reactive ketones (excluding diaryl/α,β-unsaturated/α-hetero) is 1. The number of esters is 1. The number of hydrogen-bond donors (Lipinski definition) is 0. The zero-order valence-corrected chi connectivity index (χ0v) is 15.6. The fraction of sp³-hybridized carbons (Fsp3) is 0.286. The second-order valence-electron chi connectivity index (χ2n) is 6.62. The van der Waals surface area contributed by atoms with Crippen LogP contribution in [0.3, 0.4) is 0 Å². The van der Waals surface area contributed by atoms with Crippen molar-refractivity contribution < 1.29 is 28.2 Å². The maximum atomic E-state index is 12.9. The van der Waals surface area contributed by atoms with Crippen LogP contribution in [0.15, 0.2) is 42.5 Å². The van der Waals surface area contributed by atoms with Crippen molar-refractivity contribution in [2.45, 2.75) is 13.3 Å². The number of anilines is 1. The van der Waals surface area contributed by atoms with Gasteiger partial charge < -0.3 is 14.4 Å². The fourth-order valence-electron chi connectivity index (χ4n) is 3.08. The summed E-state index contributed by atoms with van der Waals surface area (Å²) in [6, 6.07) is 10.4. The topological polar surface area (TPSA) is 72.9 Å². The number of amides is 1. The molecule has 1 aliphatic rings. The highest BCUT2D eigenvalue weighted by Gasteiger charge is 2.37. The van der Waals surface area contributed by atoms with Crippen LogP contribution < -0.4 is 9.64 Å². The van der Waals surface area contributed by atoms with E-state index in [1.165, 1.54) is 24.1 Å². The monoisotopic (exact) mass is 385 g/mol. The number of ketones is 1. The predicted molar refractivity (Wildman–Crippen MR) is 99.9 cm³/mol. The van der Waals surface area contributed by atoms with Crippen LogP contribution in [0.1, 0.15) is 22.3 Å². The number of carbonyl (C=O) groups excluding carboxylic acids is 3. The third-order valence-corrected chi connectivity index (χ3v) is 4.60. The number of carbonyl (C=O) groups is 3. The summed E-state index contributed by atoms with van der Waals surface area (Å²) in [5.41, 5.74) is 1.81. The maximum Gasteiger partial charge on any atom is 0.311 e. The van der Waals surface area contributed by atoms with Gasteiger partial charge in [-0.2, -0.15) is 0 Å². The average Bonchev–Trinajstić information content (AvgIpc) is 3.08. The third kappa shape index (κ3) is 4.19. The van der Waals surface area contributed by atoms with Crippen LogP contribution in [0.2, 0.25) is 0 Å². The van der Waals surface area contributed by atoms with Gasteiger partial charge in [-0.05, 0) is 48.9 Å². The largest absolute Gasteiger partial charge is 0.495 e. The highest BCUT2D eigenvalue weighted by molar-refractivity contribution is 6.01. The number of methoxy groups -OCH3 is 1. The van der Waals surface area contributed by atoms with Gasteiger partial charge in [0, 0.05) is 18.5 Å². The van der Waals surface area contributed by atoms with E-state index >= 15 is 0 Å². The van der Waals surface area contributed by atoms with Crippen molar-refractivity contribution in [1.82, 2.24) is 0 Å². The number of hydrogen-bond acceptors (Lipinski definition) is 5. The second kappa shape index (κ2) is 8.21. The van der Waals surface area contributed by atoms with Crippen LogP contribution in [0.5, 0.6) is 5.75 Å². The van der Waals surface area contributed by atoms with Crippen LogP contribution in [0.4, 0.5) is 10.1 Å². The van der Waals surface area contributed by atoms with Gasteiger partial charge in [0.1, 0.15) is 11.6 Å². The Morgan fingerprint density at radius 3 is 2.57 bits per heavy atom. The summed E-state index contributed by atoms with van der Waals surface area (Å²) in [5, 5.41) is 0. The number of nitrogens with zero attached hydrogens (tertiary/aromatic N) is 1. The van der Waals surface area contributed by atoms with Gasteiger partial charge >= 0.3 is 5.97 Å². The average molecular weight is 385 g/mol. The Morgan fingerprint density at radius 1 is 1.18 bits per heavy atom. The van der Waals surface area contributed by atoms with Gasteiger partial charge in [-0.1, -0.05) is 6.07 Å². The molecule has 0 spiro atoms. The smallest absolute Gasteiger partial charge is 0.311 e. The molecule has 0 unspecified atom stereocenters. The maximum absolute atomic E-state index is 12.9. The summed E-state index contributed by atoms with van der Waals surface area (Å²) in [6.45, 7) is 1.60. The number of halogens is 1. The van der Waals surface area contributed by atoms with Gasteiger partial charge in [-0.3, -0.25) is 14.4 Å². The molecule has 28 heavy (non-hydrogen) atoms. The lowest BCUT2D eigenvalue weighted by atomic mass is 10.1. The Hall–Kier alpha value is -3.22. The van der Waals surface area contributed by atoms with E-state index in [1.807, 2.05) is 19.1 Å². The lowest BCUT2D eigenvalue weighted by Crippen LogP contribution is -2.27. The summed E-state index contributed by atoms with van der Waals surface area (Å²) in [6.07, 6.45) is 0.000663. The van der Waals surface area contributed by atoms with Gasteiger partial charge in [0.2, 0.25) is 5.91 Å². The highest BCUT2D eigenvalue weighted by atomic mass is 19.1. The van der Waals surface area contributed by atoms with Crippen LogP contribution >= 0.6 is 0 Å². The van der Waals surface area contributed by atoms with Crippen LogP contribution in [0, 0.1) is 18.7 Å². The summed E-state index contributed by atoms with van der Waals surface area (Å²) >= 11 is 0. The lowest BCUT2D eigenvalue weighted by molar-refractivity contribution is -0.147. The molecule has 0 bridgehead atoms. The number of benzene rings is 2. The van der Waals surface area contributed by atoms with Crippen molar-refractivity contribution in [2.24, 2.45) is 5.92 Å². The first-order valence-electron chi connectivity index (χ1n) is 8.79. The van der Waals surface area contributed by atoms with Crippen molar-refractivity contribution in [3.05, 3.63) is 59.4 Å². The molecule has 6 nitrogen and oxygen atoms in total. The van der Waals surface area contributed by atoms with Crippen molar-refractivity contribution in [2.75, 3.05) is 25.2 Å². The Bertz CT molecular complexity index is 910. The molecular formula is C21H20FNO5. The van der Waals surface area contributed by atoms with Crippen LogP contribution in [-0.4, -0.2) is 37.9 Å². The Morgan fingerprint density at radius 2 is 1.89 bits per heavy atom. The molecule has 2 aromatic rings. The highest BCUT2D eigenvalue weighted by Crippen LogP contribution is 2.34. The first kappa shape index (κ1) is 19.5. The summed E-state index contributed by atoms with van der Waals surface area (Å²) in [7, 11) is 1.52. The Balaban J connectivity index is 1.63.